The lowest BCUT2D eigenvalue weighted by Crippen LogP contribution is -2.45. The minimum absolute atomic E-state index is 0.456. The van der Waals surface area contributed by atoms with E-state index < -0.39 is 5.60 Å². The van der Waals surface area contributed by atoms with E-state index in [9.17, 15) is 5.11 Å². The summed E-state index contributed by atoms with van der Waals surface area (Å²) in [7, 11) is 1.86. The Kier molecular flexibility index (Phi) is 3.91. The molecule has 1 saturated heterocycles. The van der Waals surface area contributed by atoms with Crippen molar-refractivity contribution in [2.45, 2.75) is 43.9 Å². The molecule has 3 rings (SSSR count). The molecule has 1 aromatic heterocycles. The van der Waals surface area contributed by atoms with E-state index in [1.807, 2.05) is 11.9 Å². The summed E-state index contributed by atoms with van der Waals surface area (Å²) in [5.74, 6) is 0.595. The smallest absolute Gasteiger partial charge is 0.318 e. The maximum atomic E-state index is 10.5. The van der Waals surface area contributed by atoms with E-state index in [1.54, 1.807) is 0 Å². The van der Waals surface area contributed by atoms with Gasteiger partial charge in [-0.15, -0.1) is 5.10 Å². The fraction of sp³-hybridized carbons (Fsp3) is 0.846. The molecule has 1 saturated carbocycles. The first-order chi connectivity index (χ1) is 9.65. The largest absolute Gasteiger partial charge is 0.407 e. The van der Waals surface area contributed by atoms with Gasteiger partial charge in [0.25, 0.3) is 0 Å². The summed E-state index contributed by atoms with van der Waals surface area (Å²) in [4.78, 5) is 1.82. The van der Waals surface area contributed by atoms with Gasteiger partial charge in [0.1, 0.15) is 0 Å². The van der Waals surface area contributed by atoms with Crippen molar-refractivity contribution in [3.05, 3.63) is 5.89 Å². The molecule has 1 aliphatic heterocycles. The van der Waals surface area contributed by atoms with Crippen LogP contribution in [0.4, 0.5) is 6.01 Å². The molecule has 20 heavy (non-hydrogen) atoms. The Morgan fingerprint density at radius 1 is 1.35 bits per heavy atom. The summed E-state index contributed by atoms with van der Waals surface area (Å²) in [6.45, 7) is 2.30. The highest BCUT2D eigenvalue weighted by Crippen LogP contribution is 2.24. The lowest BCUT2D eigenvalue weighted by molar-refractivity contribution is -0.0576. The quantitative estimate of drug-likeness (QED) is 0.776. The fourth-order valence-electron chi connectivity index (χ4n) is 2.41. The number of aromatic nitrogens is 2. The van der Waals surface area contributed by atoms with Gasteiger partial charge < -0.3 is 24.5 Å². The Balaban J connectivity index is 1.54. The summed E-state index contributed by atoms with van der Waals surface area (Å²) in [6, 6.07) is 1.07. The third kappa shape index (κ3) is 3.47. The number of anilines is 1. The highest BCUT2D eigenvalue weighted by atomic mass is 16.5. The van der Waals surface area contributed by atoms with E-state index in [4.69, 9.17) is 9.15 Å². The molecular weight excluding hydrogens is 260 g/mol. The van der Waals surface area contributed by atoms with E-state index in [2.05, 4.69) is 15.5 Å². The van der Waals surface area contributed by atoms with E-state index in [0.29, 0.717) is 57.1 Å². The molecule has 0 atom stereocenters. The Morgan fingerprint density at radius 3 is 2.80 bits per heavy atom. The minimum atomic E-state index is -0.728. The van der Waals surface area contributed by atoms with E-state index in [1.165, 1.54) is 12.8 Å². The Hall–Kier alpha value is -1.18. The summed E-state index contributed by atoms with van der Waals surface area (Å²) in [5, 5.41) is 21.9. The van der Waals surface area contributed by atoms with Gasteiger partial charge in [-0.25, -0.2) is 0 Å². The first-order valence-electron chi connectivity index (χ1n) is 7.22. The average molecular weight is 282 g/mol. The third-order valence-electron chi connectivity index (χ3n) is 3.86. The van der Waals surface area contributed by atoms with Crippen LogP contribution in [-0.2, 0) is 11.3 Å². The molecule has 2 N–H and O–H groups in total. The molecule has 1 aliphatic carbocycles. The van der Waals surface area contributed by atoms with Gasteiger partial charge in [0.2, 0.25) is 5.89 Å². The lowest BCUT2D eigenvalue weighted by Gasteiger charge is -2.34. The molecule has 2 aliphatic rings. The van der Waals surface area contributed by atoms with E-state index >= 15 is 0 Å². The zero-order chi connectivity index (χ0) is 14.0. The van der Waals surface area contributed by atoms with Crippen LogP contribution in [0.15, 0.2) is 4.42 Å². The fourth-order valence-corrected chi connectivity index (χ4v) is 2.41. The predicted octanol–water partition coefficient (Wildman–Crippen LogP) is 0.299. The van der Waals surface area contributed by atoms with Gasteiger partial charge in [-0.1, -0.05) is 5.10 Å². The first-order valence-corrected chi connectivity index (χ1v) is 7.22. The number of likely N-dealkylation sites (N-methyl/N-ethyl adjacent to an activating group) is 1. The van der Waals surface area contributed by atoms with Crippen LogP contribution in [0.1, 0.15) is 31.6 Å². The standard InChI is InChI=1S/C13H22N4O3/c1-17(9-13(18)4-6-19-7-5-13)12-16-15-11(20-12)8-14-10-2-3-10/h10,14,18H,2-9H2,1H3. The SMILES string of the molecule is CN(CC1(O)CCOCC1)c1nnc(CNC2CC2)o1. The summed E-state index contributed by atoms with van der Waals surface area (Å²) in [6.07, 6.45) is 3.75. The second kappa shape index (κ2) is 5.67. The van der Waals surface area contributed by atoms with Gasteiger partial charge in [-0.3, -0.25) is 0 Å². The van der Waals surface area contributed by atoms with E-state index in [0.717, 1.165) is 0 Å². The Labute approximate surface area is 118 Å². The third-order valence-corrected chi connectivity index (χ3v) is 3.86. The molecule has 0 aromatic carbocycles. The van der Waals surface area contributed by atoms with Crippen molar-refractivity contribution in [1.29, 1.82) is 0 Å². The van der Waals surface area contributed by atoms with E-state index in [-0.39, 0.29) is 0 Å². The summed E-state index contributed by atoms with van der Waals surface area (Å²) in [5.41, 5.74) is -0.728. The van der Waals surface area contributed by atoms with Crippen LogP contribution in [0, 0.1) is 0 Å². The van der Waals surface area contributed by atoms with Crippen LogP contribution in [0.5, 0.6) is 0 Å². The van der Waals surface area contributed by atoms with Gasteiger partial charge in [-0.05, 0) is 12.8 Å². The molecule has 7 heteroatoms. The molecular formula is C13H22N4O3. The van der Waals surface area contributed by atoms with Crippen LogP contribution in [0.3, 0.4) is 0 Å². The predicted molar refractivity (Wildman–Crippen MR) is 72.4 cm³/mol. The molecule has 0 amide bonds. The molecule has 0 radical (unpaired) electrons. The summed E-state index contributed by atoms with van der Waals surface area (Å²) >= 11 is 0. The molecule has 0 spiro atoms. The van der Waals surface area contributed by atoms with Crippen LogP contribution in [0.2, 0.25) is 0 Å². The molecule has 7 nitrogen and oxygen atoms in total. The Bertz CT molecular complexity index is 441. The van der Waals surface area contributed by atoms with Crippen molar-refractivity contribution in [3.8, 4) is 0 Å². The lowest BCUT2D eigenvalue weighted by atomic mass is 9.94. The normalized spacial score (nSPS) is 21.9. The monoisotopic (exact) mass is 282 g/mol. The highest BCUT2D eigenvalue weighted by Gasteiger charge is 2.32. The van der Waals surface area contributed by atoms with Gasteiger partial charge in [-0.2, -0.15) is 0 Å². The number of nitrogens with zero attached hydrogens (tertiary/aromatic N) is 3. The topological polar surface area (TPSA) is 83.7 Å². The second-order valence-electron chi connectivity index (χ2n) is 5.83. The Morgan fingerprint density at radius 2 is 2.10 bits per heavy atom. The number of hydrogen-bond donors (Lipinski definition) is 2. The molecule has 112 valence electrons. The average Bonchev–Trinajstić information content (AvgIpc) is 3.13. The van der Waals surface area contributed by atoms with Crippen LogP contribution >= 0.6 is 0 Å². The molecule has 1 aromatic rings. The highest BCUT2D eigenvalue weighted by molar-refractivity contribution is 5.23. The molecule has 0 bridgehead atoms. The molecule has 2 fully saturated rings. The second-order valence-corrected chi connectivity index (χ2v) is 5.83. The van der Waals surface area contributed by atoms with Crippen molar-refractivity contribution in [1.82, 2.24) is 15.5 Å². The molecule has 2 heterocycles. The van der Waals surface area contributed by atoms with Crippen molar-refractivity contribution in [2.75, 3.05) is 31.7 Å². The number of hydrogen-bond acceptors (Lipinski definition) is 7. The minimum Gasteiger partial charge on any atom is -0.407 e. The van der Waals surface area contributed by atoms with Crippen LogP contribution < -0.4 is 10.2 Å². The van der Waals surface area contributed by atoms with Crippen molar-refractivity contribution >= 4 is 6.01 Å². The van der Waals surface area contributed by atoms with Crippen LogP contribution in [-0.4, -0.2) is 53.8 Å². The maximum Gasteiger partial charge on any atom is 0.318 e. The zero-order valence-corrected chi connectivity index (χ0v) is 11.8. The first kappa shape index (κ1) is 13.8. The number of ether oxygens (including phenoxy) is 1. The zero-order valence-electron chi connectivity index (χ0n) is 11.8. The van der Waals surface area contributed by atoms with Gasteiger partial charge >= 0.3 is 6.01 Å². The molecule has 0 unspecified atom stereocenters. The van der Waals surface area contributed by atoms with Crippen molar-refractivity contribution in [2.24, 2.45) is 0 Å². The van der Waals surface area contributed by atoms with Gasteiger partial charge in [0.15, 0.2) is 0 Å². The van der Waals surface area contributed by atoms with Crippen molar-refractivity contribution in [3.63, 3.8) is 0 Å². The number of aliphatic hydroxyl groups is 1. The van der Waals surface area contributed by atoms with Gasteiger partial charge in [0, 0.05) is 39.1 Å². The number of nitrogens with one attached hydrogen (secondary N) is 1. The summed E-state index contributed by atoms with van der Waals surface area (Å²) < 4.78 is 10.9. The van der Waals surface area contributed by atoms with Crippen molar-refractivity contribution < 1.29 is 14.3 Å². The maximum absolute atomic E-state index is 10.5. The van der Waals surface area contributed by atoms with Crippen LogP contribution in [0.25, 0.3) is 0 Å². The number of rotatable bonds is 6. The van der Waals surface area contributed by atoms with Gasteiger partial charge in [0.05, 0.1) is 18.7 Å².